The molecule has 0 fully saturated rings. The van der Waals surface area contributed by atoms with Crippen molar-refractivity contribution >= 4 is 16.9 Å². The minimum atomic E-state index is -0.231. The number of pyridine rings is 1. The number of rotatable bonds is 3. The van der Waals surface area contributed by atoms with Crippen molar-refractivity contribution < 1.29 is 19.2 Å². The summed E-state index contributed by atoms with van der Waals surface area (Å²) in [6.45, 7) is 4.15. The number of ether oxygens (including phenoxy) is 1. The highest BCUT2D eigenvalue weighted by molar-refractivity contribution is 5.85. The lowest BCUT2D eigenvalue weighted by atomic mass is 10.0. The number of nitrogens with zero attached hydrogens (tertiary/aromatic N) is 1. The van der Waals surface area contributed by atoms with Gasteiger partial charge in [-0.05, 0) is 24.6 Å². The van der Waals surface area contributed by atoms with Gasteiger partial charge in [-0.25, -0.2) is 0 Å². The summed E-state index contributed by atoms with van der Waals surface area (Å²) in [4.78, 5) is 11.6. The third-order valence-corrected chi connectivity index (χ3v) is 3.24. The molecule has 19 heavy (non-hydrogen) atoms. The third kappa shape index (κ3) is 2.67. The molecule has 100 valence electrons. The van der Waals surface area contributed by atoms with Gasteiger partial charge in [-0.3, -0.25) is 4.79 Å². The minimum absolute atomic E-state index is 0.218. The van der Waals surface area contributed by atoms with Gasteiger partial charge in [0, 0.05) is 13.0 Å². The van der Waals surface area contributed by atoms with E-state index in [4.69, 9.17) is 4.74 Å². The van der Waals surface area contributed by atoms with E-state index in [1.165, 1.54) is 0 Å². The van der Waals surface area contributed by atoms with Crippen molar-refractivity contribution in [3.63, 3.8) is 0 Å². The lowest BCUT2D eigenvalue weighted by Gasteiger charge is -2.07. The first-order valence-corrected chi connectivity index (χ1v) is 6.29. The number of aryl methyl sites for hydroxylation is 2. The van der Waals surface area contributed by atoms with Crippen molar-refractivity contribution in [2.45, 2.75) is 20.3 Å². The van der Waals surface area contributed by atoms with Crippen LogP contribution in [0.15, 0.2) is 24.3 Å². The van der Waals surface area contributed by atoms with Crippen LogP contribution in [0.1, 0.15) is 18.2 Å². The summed E-state index contributed by atoms with van der Waals surface area (Å²) in [6, 6.07) is 7.15. The van der Waals surface area contributed by atoms with Gasteiger partial charge in [-0.1, -0.05) is 0 Å². The molecule has 0 saturated carbocycles. The largest absolute Gasteiger partial charge is 0.508 e. The van der Waals surface area contributed by atoms with Gasteiger partial charge in [0.1, 0.15) is 12.8 Å². The second-order valence-electron chi connectivity index (χ2n) is 4.55. The number of phenols is 1. The number of phenolic OH excluding ortho intramolecular Hbond substituents is 1. The van der Waals surface area contributed by atoms with Crippen molar-refractivity contribution in [1.82, 2.24) is 0 Å². The molecule has 4 nitrogen and oxygen atoms in total. The Morgan fingerprint density at radius 1 is 1.37 bits per heavy atom. The van der Waals surface area contributed by atoms with Crippen LogP contribution in [0, 0.1) is 6.92 Å². The minimum Gasteiger partial charge on any atom is -0.508 e. The highest BCUT2D eigenvalue weighted by Crippen LogP contribution is 2.22. The lowest BCUT2D eigenvalue weighted by molar-refractivity contribution is -0.651. The number of fused-ring (bicyclic) bond motifs is 1. The van der Waals surface area contributed by atoms with Gasteiger partial charge in [0.25, 0.3) is 0 Å². The molecule has 0 aliphatic heterocycles. The van der Waals surface area contributed by atoms with Crippen LogP contribution >= 0.6 is 0 Å². The summed E-state index contributed by atoms with van der Waals surface area (Å²) in [6.07, 6.45) is 0.247. The van der Waals surface area contributed by atoms with E-state index in [1.807, 2.05) is 30.7 Å². The van der Waals surface area contributed by atoms with E-state index in [2.05, 4.69) is 0 Å². The molecule has 0 radical (unpaired) electrons. The fraction of sp³-hybridized carbons (Fsp3) is 0.333. The fourth-order valence-corrected chi connectivity index (χ4v) is 2.20. The van der Waals surface area contributed by atoms with Crippen molar-refractivity contribution in [3.05, 3.63) is 35.5 Å². The van der Waals surface area contributed by atoms with E-state index >= 15 is 0 Å². The number of benzene rings is 1. The molecule has 4 heteroatoms. The summed E-state index contributed by atoms with van der Waals surface area (Å²) in [7, 11) is 1.94. The average molecular weight is 260 g/mol. The molecular formula is C15H18NO3+. The van der Waals surface area contributed by atoms with Gasteiger partial charge < -0.3 is 9.84 Å². The number of carbonyl (C=O) groups is 1. The number of hydrogen-bond donors (Lipinski definition) is 1. The van der Waals surface area contributed by atoms with E-state index in [0.717, 1.165) is 22.2 Å². The molecule has 0 saturated heterocycles. The molecular weight excluding hydrogens is 242 g/mol. The molecule has 0 spiro atoms. The van der Waals surface area contributed by atoms with E-state index in [0.29, 0.717) is 6.61 Å². The predicted octanol–water partition coefficient (Wildman–Crippen LogP) is 1.78. The molecule has 2 aromatic rings. The van der Waals surface area contributed by atoms with Gasteiger partial charge in [0.2, 0.25) is 5.52 Å². The maximum Gasteiger partial charge on any atom is 0.310 e. The number of carbonyl (C=O) groups excluding carboxylic acids is 1. The Morgan fingerprint density at radius 2 is 2.11 bits per heavy atom. The fourth-order valence-electron chi connectivity index (χ4n) is 2.20. The normalized spacial score (nSPS) is 10.7. The molecule has 0 aliphatic carbocycles. The van der Waals surface area contributed by atoms with E-state index in [9.17, 15) is 9.90 Å². The van der Waals surface area contributed by atoms with Crippen molar-refractivity contribution in [1.29, 1.82) is 0 Å². The van der Waals surface area contributed by atoms with Crippen LogP contribution in [0.25, 0.3) is 10.9 Å². The van der Waals surface area contributed by atoms with Gasteiger partial charge in [0.15, 0.2) is 5.69 Å². The van der Waals surface area contributed by atoms with Crippen LogP contribution in [-0.4, -0.2) is 17.7 Å². The average Bonchev–Trinajstić information content (AvgIpc) is 2.36. The SMILES string of the molecule is CCOC(=O)Cc1cc(C)[n+](C)c2cc(O)ccc12. The standard InChI is InChI=1S/C15H17NO3/c1-4-19-15(18)8-11-7-10(2)16(3)14-9-12(17)5-6-13(11)14/h5-7,9H,4,8H2,1-3H3/p+1. The molecule has 0 bridgehead atoms. The van der Waals surface area contributed by atoms with Gasteiger partial charge in [0.05, 0.1) is 24.5 Å². The highest BCUT2D eigenvalue weighted by atomic mass is 16.5. The second-order valence-corrected chi connectivity index (χ2v) is 4.55. The molecule has 0 unspecified atom stereocenters. The molecule has 1 N–H and O–H groups in total. The Balaban J connectivity index is 2.55. The second kappa shape index (κ2) is 5.26. The van der Waals surface area contributed by atoms with E-state index < -0.39 is 0 Å². The maximum atomic E-state index is 11.6. The Labute approximate surface area is 112 Å². The number of hydrogen-bond acceptors (Lipinski definition) is 3. The summed E-state index contributed by atoms with van der Waals surface area (Å²) in [5.74, 6) is -0.0130. The smallest absolute Gasteiger partial charge is 0.310 e. The van der Waals surface area contributed by atoms with E-state index in [1.54, 1.807) is 19.1 Å². The van der Waals surface area contributed by atoms with Crippen LogP contribution in [0.3, 0.4) is 0 Å². The molecule has 0 aliphatic rings. The van der Waals surface area contributed by atoms with Crippen LogP contribution in [0.5, 0.6) is 5.75 Å². The summed E-state index contributed by atoms with van der Waals surface area (Å²) < 4.78 is 6.98. The summed E-state index contributed by atoms with van der Waals surface area (Å²) in [5, 5.41) is 10.6. The molecule has 0 atom stereocenters. The first-order chi connectivity index (χ1) is 9.02. The Kier molecular flexibility index (Phi) is 3.69. The molecule has 1 aromatic heterocycles. The van der Waals surface area contributed by atoms with Crippen molar-refractivity contribution in [3.8, 4) is 5.75 Å². The summed E-state index contributed by atoms with van der Waals surface area (Å²) >= 11 is 0. The third-order valence-electron chi connectivity index (χ3n) is 3.24. The number of esters is 1. The first-order valence-electron chi connectivity index (χ1n) is 6.29. The van der Waals surface area contributed by atoms with E-state index in [-0.39, 0.29) is 18.1 Å². The quantitative estimate of drug-likeness (QED) is 0.676. The zero-order valence-corrected chi connectivity index (χ0v) is 11.4. The van der Waals surface area contributed by atoms with Crippen LogP contribution < -0.4 is 4.57 Å². The Morgan fingerprint density at radius 3 is 2.79 bits per heavy atom. The monoisotopic (exact) mass is 260 g/mol. The zero-order chi connectivity index (χ0) is 14.0. The number of aromatic nitrogens is 1. The highest BCUT2D eigenvalue weighted by Gasteiger charge is 2.16. The predicted molar refractivity (Wildman–Crippen MR) is 71.9 cm³/mol. The van der Waals surface area contributed by atoms with Gasteiger partial charge in [-0.15, -0.1) is 0 Å². The number of aromatic hydroxyl groups is 1. The maximum absolute atomic E-state index is 11.6. The molecule has 0 amide bonds. The van der Waals surface area contributed by atoms with Crippen LogP contribution in [-0.2, 0) is 23.0 Å². The van der Waals surface area contributed by atoms with Crippen molar-refractivity contribution in [2.24, 2.45) is 7.05 Å². The summed E-state index contributed by atoms with van der Waals surface area (Å²) in [5.41, 5.74) is 2.85. The lowest BCUT2D eigenvalue weighted by Crippen LogP contribution is -2.33. The van der Waals surface area contributed by atoms with Crippen molar-refractivity contribution in [2.75, 3.05) is 6.61 Å². The van der Waals surface area contributed by atoms with Gasteiger partial charge in [-0.2, -0.15) is 4.57 Å². The molecule has 2 rings (SSSR count). The first kappa shape index (κ1) is 13.3. The zero-order valence-electron chi connectivity index (χ0n) is 11.4. The van der Waals surface area contributed by atoms with Crippen LogP contribution in [0.4, 0.5) is 0 Å². The molecule has 1 aromatic carbocycles. The Bertz CT molecular complexity index is 635. The topological polar surface area (TPSA) is 50.4 Å². The Hall–Kier alpha value is -2.10. The molecule has 1 heterocycles. The van der Waals surface area contributed by atoms with Crippen LogP contribution in [0.2, 0.25) is 0 Å². The van der Waals surface area contributed by atoms with Gasteiger partial charge >= 0.3 is 5.97 Å².